The van der Waals surface area contributed by atoms with Crippen LogP contribution in [0.1, 0.15) is 21.5 Å². The number of amides is 1. The maximum Gasteiger partial charge on any atom is 0.382 e. The number of phenols is 1. The van der Waals surface area contributed by atoms with Crippen LogP contribution in [0.3, 0.4) is 0 Å². The molecule has 0 radical (unpaired) electrons. The van der Waals surface area contributed by atoms with Crippen LogP contribution < -0.4 is 14.9 Å². The van der Waals surface area contributed by atoms with E-state index in [4.69, 9.17) is 26.2 Å². The number of nitrogens with one attached hydrogen (secondary N) is 1. The number of carbonyl (C=O) groups is 2. The molecule has 0 saturated heterocycles. The highest BCUT2D eigenvalue weighted by Crippen LogP contribution is 2.31. The van der Waals surface area contributed by atoms with Gasteiger partial charge in [0.25, 0.3) is 5.91 Å². The number of ether oxygens (including phenoxy) is 2. The van der Waals surface area contributed by atoms with Gasteiger partial charge in [-0.25, -0.2) is 10.2 Å². The molecule has 0 heterocycles. The minimum absolute atomic E-state index is 0.0400. The maximum atomic E-state index is 12.1. The van der Waals surface area contributed by atoms with Gasteiger partial charge in [0.1, 0.15) is 5.75 Å². The molecule has 28 heavy (non-hydrogen) atoms. The summed E-state index contributed by atoms with van der Waals surface area (Å²) in [5.41, 5.74) is 3.29. The monoisotopic (exact) mass is 402 g/mol. The Morgan fingerprint density at radius 1 is 1.21 bits per heavy atom. The second kappa shape index (κ2) is 9.30. The number of nitrogens with zero attached hydrogens (tertiary/aromatic N) is 1. The molecule has 0 unspecified atom stereocenters. The van der Waals surface area contributed by atoms with Gasteiger partial charge in [0.15, 0.2) is 11.5 Å². The lowest BCUT2D eigenvalue weighted by Crippen LogP contribution is -2.17. The molecule has 8 nitrogen and oxygen atoms in total. The van der Waals surface area contributed by atoms with Gasteiger partial charge in [0.2, 0.25) is 0 Å². The van der Waals surface area contributed by atoms with Crippen LogP contribution in [-0.2, 0) is 4.79 Å². The molecule has 0 atom stereocenters. The van der Waals surface area contributed by atoms with Gasteiger partial charge in [-0.3, -0.25) is 4.79 Å². The number of rotatable bonds is 5. The number of benzene rings is 2. The van der Waals surface area contributed by atoms with Crippen molar-refractivity contribution < 1.29 is 29.3 Å². The van der Waals surface area contributed by atoms with Gasteiger partial charge in [-0.15, -0.1) is 0 Å². The lowest BCUT2D eigenvalue weighted by molar-refractivity contribution is -0.130. The van der Waals surface area contributed by atoms with Crippen molar-refractivity contribution in [2.24, 2.45) is 5.10 Å². The van der Waals surface area contributed by atoms with E-state index in [0.717, 1.165) is 0 Å². The standard InChI is InChI=1S/C19H15ClN2O6/c1-27-16-8-11(7-12(18(16)28-2)4-6-17(24)25)10-21-22-19(26)13-3-5-15(23)14(20)9-13/h3,5,7-10,23H,1-2H3,(H,22,26)(H,24,25)/b21-10+. The van der Waals surface area contributed by atoms with E-state index in [1.165, 1.54) is 44.7 Å². The van der Waals surface area contributed by atoms with E-state index in [0.29, 0.717) is 11.3 Å². The average molecular weight is 403 g/mol. The summed E-state index contributed by atoms with van der Waals surface area (Å²) in [6, 6.07) is 7.10. The van der Waals surface area contributed by atoms with Gasteiger partial charge in [-0.2, -0.15) is 5.10 Å². The number of aromatic hydroxyl groups is 1. The Morgan fingerprint density at radius 2 is 1.96 bits per heavy atom. The fourth-order valence-electron chi connectivity index (χ4n) is 2.15. The number of carboxylic acids is 1. The first kappa shape index (κ1) is 20.6. The number of hydrazone groups is 1. The molecule has 0 fully saturated rings. The first-order valence-electron chi connectivity index (χ1n) is 7.68. The van der Waals surface area contributed by atoms with Crippen molar-refractivity contribution in [2.45, 2.75) is 0 Å². The summed E-state index contributed by atoms with van der Waals surface area (Å²) in [5, 5.41) is 22.0. The van der Waals surface area contributed by atoms with Crippen LogP contribution in [0.25, 0.3) is 0 Å². The smallest absolute Gasteiger partial charge is 0.382 e. The number of halogens is 1. The third-order valence-electron chi connectivity index (χ3n) is 3.39. The summed E-state index contributed by atoms with van der Waals surface area (Å²) in [7, 11) is 2.82. The molecule has 0 aliphatic heterocycles. The number of phenolic OH excluding ortho intramolecular Hbond substituents is 1. The number of methoxy groups -OCH3 is 2. The number of hydrogen-bond acceptors (Lipinski definition) is 6. The second-order valence-electron chi connectivity index (χ2n) is 5.22. The molecule has 1 amide bonds. The summed E-state index contributed by atoms with van der Waals surface area (Å²) < 4.78 is 10.4. The zero-order valence-corrected chi connectivity index (χ0v) is 15.6. The van der Waals surface area contributed by atoms with Crippen molar-refractivity contribution in [3.05, 3.63) is 52.0 Å². The minimum Gasteiger partial charge on any atom is -0.506 e. The predicted octanol–water partition coefficient (Wildman–Crippen LogP) is 2.26. The number of carboxylic acid groups (broad SMARTS) is 1. The molecule has 0 bridgehead atoms. The molecular weight excluding hydrogens is 388 g/mol. The highest BCUT2D eigenvalue weighted by atomic mass is 35.5. The molecule has 0 aliphatic carbocycles. The molecule has 0 saturated carbocycles. The van der Waals surface area contributed by atoms with Crippen molar-refractivity contribution in [2.75, 3.05) is 14.2 Å². The summed E-state index contributed by atoms with van der Waals surface area (Å²) >= 11 is 5.77. The number of carbonyl (C=O) groups excluding carboxylic acids is 1. The topological polar surface area (TPSA) is 117 Å². The summed E-state index contributed by atoms with van der Waals surface area (Å²) in [4.78, 5) is 22.8. The highest BCUT2D eigenvalue weighted by molar-refractivity contribution is 6.32. The molecule has 2 aromatic carbocycles. The van der Waals surface area contributed by atoms with Crippen LogP contribution in [0.5, 0.6) is 17.2 Å². The van der Waals surface area contributed by atoms with E-state index >= 15 is 0 Å². The molecule has 0 aliphatic rings. The maximum absolute atomic E-state index is 12.1. The fourth-order valence-corrected chi connectivity index (χ4v) is 2.33. The summed E-state index contributed by atoms with van der Waals surface area (Å²) in [6.07, 6.45) is 1.33. The van der Waals surface area contributed by atoms with Crippen LogP contribution >= 0.6 is 11.6 Å². The lowest BCUT2D eigenvalue weighted by Gasteiger charge is -2.10. The number of hydrogen-bond donors (Lipinski definition) is 3. The van der Waals surface area contributed by atoms with Gasteiger partial charge in [-0.1, -0.05) is 17.5 Å². The second-order valence-corrected chi connectivity index (χ2v) is 5.63. The Balaban J connectivity index is 2.26. The van der Waals surface area contributed by atoms with Crippen LogP contribution in [-0.4, -0.2) is 42.5 Å². The van der Waals surface area contributed by atoms with E-state index in [1.54, 1.807) is 6.07 Å². The summed E-state index contributed by atoms with van der Waals surface area (Å²) in [5.74, 6) is 3.10. The Bertz CT molecular complexity index is 1010. The fraction of sp³-hybridized carbons (Fsp3) is 0.105. The van der Waals surface area contributed by atoms with Gasteiger partial charge < -0.3 is 19.7 Å². The van der Waals surface area contributed by atoms with E-state index < -0.39 is 11.9 Å². The van der Waals surface area contributed by atoms with Crippen molar-refractivity contribution in [3.63, 3.8) is 0 Å². The zero-order chi connectivity index (χ0) is 20.7. The molecule has 0 spiro atoms. The van der Waals surface area contributed by atoms with E-state index in [-0.39, 0.29) is 27.6 Å². The minimum atomic E-state index is -1.29. The molecule has 3 N–H and O–H groups in total. The van der Waals surface area contributed by atoms with Crippen molar-refractivity contribution in [1.29, 1.82) is 0 Å². The first-order valence-corrected chi connectivity index (χ1v) is 8.06. The highest BCUT2D eigenvalue weighted by Gasteiger charge is 2.11. The molecule has 2 aromatic rings. The predicted molar refractivity (Wildman–Crippen MR) is 102 cm³/mol. The SMILES string of the molecule is COc1cc(/C=N/NC(=O)c2ccc(O)c(Cl)c2)cc(C#CC(=O)O)c1OC. The van der Waals surface area contributed by atoms with E-state index in [1.807, 2.05) is 5.92 Å². The first-order chi connectivity index (χ1) is 13.3. The van der Waals surface area contributed by atoms with Gasteiger partial charge in [0, 0.05) is 11.5 Å². The van der Waals surface area contributed by atoms with Crippen LogP contribution in [0.15, 0.2) is 35.4 Å². The average Bonchev–Trinajstić information content (AvgIpc) is 2.67. The van der Waals surface area contributed by atoms with Crippen LogP contribution in [0, 0.1) is 11.8 Å². The van der Waals surface area contributed by atoms with Gasteiger partial charge in [-0.05, 0) is 35.9 Å². The van der Waals surface area contributed by atoms with Crippen LogP contribution in [0.2, 0.25) is 5.02 Å². The largest absolute Gasteiger partial charge is 0.506 e. The third-order valence-corrected chi connectivity index (χ3v) is 3.70. The zero-order valence-electron chi connectivity index (χ0n) is 14.8. The Hall–Kier alpha value is -3.70. The third kappa shape index (κ3) is 5.16. The molecule has 2 rings (SSSR count). The normalized spacial score (nSPS) is 10.1. The quantitative estimate of drug-likeness (QED) is 0.401. The van der Waals surface area contributed by atoms with Crippen molar-refractivity contribution >= 4 is 29.7 Å². The molecular formula is C19H15ClN2O6. The Kier molecular flexibility index (Phi) is 6.84. The van der Waals surface area contributed by atoms with Crippen molar-refractivity contribution in [3.8, 4) is 29.1 Å². The summed E-state index contributed by atoms with van der Waals surface area (Å²) in [6.45, 7) is 0. The molecule has 9 heteroatoms. The number of aliphatic carboxylic acids is 1. The Labute approximate surface area is 165 Å². The Morgan fingerprint density at radius 3 is 2.57 bits per heavy atom. The lowest BCUT2D eigenvalue weighted by atomic mass is 10.1. The van der Waals surface area contributed by atoms with Crippen LogP contribution in [0.4, 0.5) is 0 Å². The molecule has 144 valence electrons. The van der Waals surface area contributed by atoms with Gasteiger partial charge >= 0.3 is 5.97 Å². The van der Waals surface area contributed by atoms with Crippen molar-refractivity contribution in [1.82, 2.24) is 5.43 Å². The van der Waals surface area contributed by atoms with E-state index in [2.05, 4.69) is 16.4 Å². The molecule has 0 aromatic heterocycles. The van der Waals surface area contributed by atoms with Gasteiger partial charge in [0.05, 0.1) is 31.0 Å². The van der Waals surface area contributed by atoms with E-state index in [9.17, 15) is 14.7 Å².